The topological polar surface area (TPSA) is 20.2 Å². The Balaban J connectivity index is 3.29. The molecule has 1 nitrogen and oxygen atoms in total. The van der Waals surface area contributed by atoms with Crippen molar-refractivity contribution < 1.29 is 5.11 Å². The molecule has 3 heteroatoms. The molecule has 0 aliphatic carbocycles. The molecule has 0 amide bonds. The van der Waals surface area contributed by atoms with E-state index in [0.717, 1.165) is 15.6 Å². The monoisotopic (exact) mass is 234 g/mol. The van der Waals surface area contributed by atoms with Gasteiger partial charge in [0.1, 0.15) is 0 Å². The van der Waals surface area contributed by atoms with Crippen molar-refractivity contribution in [2.45, 2.75) is 13.5 Å². The maximum absolute atomic E-state index is 8.92. The van der Waals surface area contributed by atoms with Gasteiger partial charge >= 0.3 is 0 Å². The summed E-state index contributed by atoms with van der Waals surface area (Å²) in [5.74, 6) is 0. The van der Waals surface area contributed by atoms with Gasteiger partial charge in [-0.05, 0) is 24.6 Å². The normalized spacial score (nSPS) is 10.2. The molecule has 1 aromatic carbocycles. The van der Waals surface area contributed by atoms with Gasteiger partial charge in [0.05, 0.1) is 6.61 Å². The highest BCUT2D eigenvalue weighted by molar-refractivity contribution is 9.10. The predicted molar refractivity (Wildman–Crippen MR) is 49.8 cm³/mol. The number of hydrogen-bond donors (Lipinski definition) is 1. The lowest BCUT2D eigenvalue weighted by atomic mass is 10.1. The third kappa shape index (κ3) is 1.75. The van der Waals surface area contributed by atoms with Crippen molar-refractivity contribution in [1.29, 1.82) is 0 Å². The van der Waals surface area contributed by atoms with Crippen molar-refractivity contribution in [2.24, 2.45) is 0 Å². The lowest BCUT2D eigenvalue weighted by molar-refractivity contribution is 0.281. The number of aliphatic hydroxyl groups excluding tert-OH is 1. The Morgan fingerprint density at radius 3 is 2.64 bits per heavy atom. The van der Waals surface area contributed by atoms with Gasteiger partial charge in [0, 0.05) is 15.1 Å². The average Bonchev–Trinajstić information content (AvgIpc) is 1.99. The van der Waals surface area contributed by atoms with E-state index < -0.39 is 0 Å². The van der Waals surface area contributed by atoms with E-state index in [2.05, 4.69) is 15.9 Å². The SMILES string of the molecule is Cc1c(Br)ccc(Cl)c1CO. The standard InChI is InChI=1S/C8H8BrClO/c1-5-6(4-11)8(10)3-2-7(5)9/h2-3,11H,4H2,1H3. The number of benzene rings is 1. The van der Waals surface area contributed by atoms with Crippen LogP contribution in [0.15, 0.2) is 16.6 Å². The first-order chi connectivity index (χ1) is 5.16. The second-order valence-corrected chi connectivity index (χ2v) is 3.55. The summed E-state index contributed by atoms with van der Waals surface area (Å²) in [7, 11) is 0. The number of hydrogen-bond acceptors (Lipinski definition) is 1. The van der Waals surface area contributed by atoms with Gasteiger partial charge in [-0.25, -0.2) is 0 Å². The fourth-order valence-electron chi connectivity index (χ4n) is 0.889. The Kier molecular flexibility index (Phi) is 2.93. The van der Waals surface area contributed by atoms with Crippen molar-refractivity contribution in [3.63, 3.8) is 0 Å². The average molecular weight is 236 g/mol. The van der Waals surface area contributed by atoms with Crippen LogP contribution in [0.4, 0.5) is 0 Å². The van der Waals surface area contributed by atoms with Crippen molar-refractivity contribution in [1.82, 2.24) is 0 Å². The molecule has 0 spiro atoms. The van der Waals surface area contributed by atoms with Crippen LogP contribution in [0.3, 0.4) is 0 Å². The van der Waals surface area contributed by atoms with E-state index in [1.54, 1.807) is 6.07 Å². The van der Waals surface area contributed by atoms with Crippen LogP contribution >= 0.6 is 27.5 Å². The van der Waals surface area contributed by atoms with Crippen LogP contribution < -0.4 is 0 Å². The summed E-state index contributed by atoms with van der Waals surface area (Å²) in [6.45, 7) is 1.91. The molecule has 1 aromatic rings. The third-order valence-corrected chi connectivity index (χ3v) is 2.85. The Hall–Kier alpha value is -0.0500. The van der Waals surface area contributed by atoms with Crippen LogP contribution in [0.25, 0.3) is 0 Å². The summed E-state index contributed by atoms with van der Waals surface area (Å²) in [5.41, 5.74) is 1.79. The lowest BCUT2D eigenvalue weighted by Crippen LogP contribution is -1.90. The molecular weight excluding hydrogens is 227 g/mol. The molecule has 0 unspecified atom stereocenters. The minimum absolute atomic E-state index is 0.00981. The summed E-state index contributed by atoms with van der Waals surface area (Å²) < 4.78 is 0.978. The zero-order chi connectivity index (χ0) is 8.43. The zero-order valence-corrected chi connectivity index (χ0v) is 8.41. The van der Waals surface area contributed by atoms with Crippen LogP contribution in [0.5, 0.6) is 0 Å². The summed E-state index contributed by atoms with van der Waals surface area (Å²) >= 11 is 9.17. The van der Waals surface area contributed by atoms with Crippen LogP contribution in [0.2, 0.25) is 5.02 Å². The van der Waals surface area contributed by atoms with Crippen molar-refractivity contribution >= 4 is 27.5 Å². The highest BCUT2D eigenvalue weighted by Crippen LogP contribution is 2.26. The Labute approximate surface area is 79.1 Å². The fraction of sp³-hybridized carbons (Fsp3) is 0.250. The molecule has 0 saturated heterocycles. The van der Waals surface area contributed by atoms with Crippen LogP contribution in [0, 0.1) is 6.92 Å². The van der Waals surface area contributed by atoms with E-state index in [4.69, 9.17) is 16.7 Å². The summed E-state index contributed by atoms with van der Waals surface area (Å²) in [6, 6.07) is 3.64. The second-order valence-electron chi connectivity index (χ2n) is 2.29. The highest BCUT2D eigenvalue weighted by atomic mass is 79.9. The van der Waals surface area contributed by atoms with E-state index in [0.29, 0.717) is 5.02 Å². The van der Waals surface area contributed by atoms with Gasteiger partial charge in [-0.1, -0.05) is 27.5 Å². The second kappa shape index (κ2) is 3.57. The first kappa shape index (κ1) is 9.04. The molecule has 60 valence electrons. The number of halogens is 2. The van der Waals surface area contributed by atoms with Crippen LogP contribution in [0.1, 0.15) is 11.1 Å². The van der Waals surface area contributed by atoms with Gasteiger partial charge in [0.2, 0.25) is 0 Å². The predicted octanol–water partition coefficient (Wildman–Crippen LogP) is 2.90. The van der Waals surface area contributed by atoms with Gasteiger partial charge in [-0.15, -0.1) is 0 Å². The molecule has 0 bridgehead atoms. The number of aliphatic hydroxyl groups is 1. The van der Waals surface area contributed by atoms with Gasteiger partial charge in [-0.3, -0.25) is 0 Å². The Morgan fingerprint density at radius 1 is 1.55 bits per heavy atom. The first-order valence-electron chi connectivity index (χ1n) is 3.21. The maximum atomic E-state index is 8.92. The van der Waals surface area contributed by atoms with E-state index >= 15 is 0 Å². The molecule has 1 N–H and O–H groups in total. The van der Waals surface area contributed by atoms with E-state index in [9.17, 15) is 0 Å². The summed E-state index contributed by atoms with van der Waals surface area (Å²) in [5, 5.41) is 9.54. The summed E-state index contributed by atoms with van der Waals surface area (Å²) in [6.07, 6.45) is 0. The van der Waals surface area contributed by atoms with Gasteiger partial charge in [0.15, 0.2) is 0 Å². The van der Waals surface area contributed by atoms with Crippen molar-refractivity contribution in [2.75, 3.05) is 0 Å². The minimum Gasteiger partial charge on any atom is -0.392 e. The zero-order valence-electron chi connectivity index (χ0n) is 6.06. The maximum Gasteiger partial charge on any atom is 0.0699 e. The van der Waals surface area contributed by atoms with Gasteiger partial charge in [0.25, 0.3) is 0 Å². The molecule has 0 saturated carbocycles. The molecule has 0 fully saturated rings. The third-order valence-electron chi connectivity index (χ3n) is 1.63. The van der Waals surface area contributed by atoms with Crippen LogP contribution in [-0.4, -0.2) is 5.11 Å². The van der Waals surface area contributed by atoms with E-state index in [-0.39, 0.29) is 6.61 Å². The fourth-order valence-corrected chi connectivity index (χ4v) is 1.53. The molecular formula is C8H8BrClO. The smallest absolute Gasteiger partial charge is 0.0699 e. The largest absolute Gasteiger partial charge is 0.392 e. The molecule has 0 heterocycles. The van der Waals surface area contributed by atoms with Gasteiger partial charge < -0.3 is 5.11 Å². The van der Waals surface area contributed by atoms with Crippen molar-refractivity contribution in [3.8, 4) is 0 Å². The minimum atomic E-state index is -0.00981. The number of rotatable bonds is 1. The highest BCUT2D eigenvalue weighted by Gasteiger charge is 2.04. The molecule has 1 rings (SSSR count). The first-order valence-corrected chi connectivity index (χ1v) is 4.38. The molecule has 0 atom stereocenters. The summed E-state index contributed by atoms with van der Waals surface area (Å²) in [4.78, 5) is 0. The van der Waals surface area contributed by atoms with Crippen molar-refractivity contribution in [3.05, 3.63) is 32.8 Å². The Bertz CT molecular complexity index is 273. The van der Waals surface area contributed by atoms with Gasteiger partial charge in [-0.2, -0.15) is 0 Å². The quantitative estimate of drug-likeness (QED) is 0.793. The van der Waals surface area contributed by atoms with E-state index in [1.165, 1.54) is 0 Å². The molecule has 0 radical (unpaired) electrons. The van der Waals surface area contributed by atoms with Crippen LogP contribution in [-0.2, 0) is 6.61 Å². The Morgan fingerprint density at radius 2 is 2.18 bits per heavy atom. The molecule has 0 aliphatic heterocycles. The molecule has 11 heavy (non-hydrogen) atoms. The van der Waals surface area contributed by atoms with E-state index in [1.807, 2.05) is 13.0 Å². The molecule has 0 aliphatic rings. The lowest BCUT2D eigenvalue weighted by Gasteiger charge is -2.06. The molecule has 0 aromatic heterocycles.